The predicted molar refractivity (Wildman–Crippen MR) is 87.3 cm³/mol. The zero-order valence-electron chi connectivity index (χ0n) is 12.7. The summed E-state index contributed by atoms with van der Waals surface area (Å²) in [4.78, 5) is 23.5. The van der Waals surface area contributed by atoms with E-state index in [0.29, 0.717) is 12.1 Å². The fourth-order valence-electron chi connectivity index (χ4n) is 2.07. The Morgan fingerprint density at radius 1 is 0.913 bits per heavy atom. The number of aliphatic hydroxyl groups excluding tert-OH is 1. The molecule has 0 spiro atoms. The molecular weight excluding hydrogens is 292 g/mol. The lowest BCUT2D eigenvalue weighted by atomic mass is 10.1. The molecule has 2 amide bonds. The van der Waals surface area contributed by atoms with Gasteiger partial charge in [0.25, 0.3) is 5.91 Å². The summed E-state index contributed by atoms with van der Waals surface area (Å²) >= 11 is 0. The molecule has 0 aromatic heterocycles. The SMILES string of the molecule is O=C(CCNC(=O)C(O)c1ccccc1)NCc1ccccc1. The molecule has 0 aliphatic rings. The average molecular weight is 312 g/mol. The van der Waals surface area contributed by atoms with E-state index in [1.807, 2.05) is 36.4 Å². The van der Waals surface area contributed by atoms with Crippen LogP contribution in [0.5, 0.6) is 0 Å². The molecule has 1 unspecified atom stereocenters. The first kappa shape index (κ1) is 16.7. The quantitative estimate of drug-likeness (QED) is 0.726. The lowest BCUT2D eigenvalue weighted by molar-refractivity contribution is -0.129. The Balaban J connectivity index is 1.68. The second kappa shape index (κ2) is 8.70. The largest absolute Gasteiger partial charge is 0.378 e. The molecular formula is C18H20N2O3. The van der Waals surface area contributed by atoms with Crippen LogP contribution in [0, 0.1) is 0 Å². The van der Waals surface area contributed by atoms with Crippen LogP contribution in [-0.2, 0) is 16.1 Å². The highest BCUT2D eigenvalue weighted by atomic mass is 16.3. The molecule has 0 aliphatic heterocycles. The van der Waals surface area contributed by atoms with Crippen LogP contribution in [0.25, 0.3) is 0 Å². The van der Waals surface area contributed by atoms with Gasteiger partial charge in [0.1, 0.15) is 0 Å². The van der Waals surface area contributed by atoms with Crippen molar-refractivity contribution in [3.05, 3.63) is 71.8 Å². The highest BCUT2D eigenvalue weighted by Gasteiger charge is 2.16. The van der Waals surface area contributed by atoms with Crippen LogP contribution >= 0.6 is 0 Å². The number of benzene rings is 2. The second-order valence-electron chi connectivity index (χ2n) is 5.12. The van der Waals surface area contributed by atoms with E-state index in [1.54, 1.807) is 24.3 Å². The van der Waals surface area contributed by atoms with E-state index < -0.39 is 12.0 Å². The smallest absolute Gasteiger partial charge is 0.253 e. The molecule has 0 saturated heterocycles. The summed E-state index contributed by atoms with van der Waals surface area (Å²) < 4.78 is 0. The van der Waals surface area contributed by atoms with E-state index in [9.17, 15) is 14.7 Å². The van der Waals surface area contributed by atoms with Gasteiger partial charge in [-0.25, -0.2) is 0 Å². The Hall–Kier alpha value is -2.66. The Kier molecular flexibility index (Phi) is 6.32. The number of aliphatic hydroxyl groups is 1. The minimum Gasteiger partial charge on any atom is -0.378 e. The summed E-state index contributed by atoms with van der Waals surface area (Å²) in [6.45, 7) is 0.642. The maximum Gasteiger partial charge on any atom is 0.253 e. The first-order valence-corrected chi connectivity index (χ1v) is 7.48. The molecule has 3 N–H and O–H groups in total. The van der Waals surface area contributed by atoms with Crippen molar-refractivity contribution in [3.63, 3.8) is 0 Å². The third kappa shape index (κ3) is 5.56. The van der Waals surface area contributed by atoms with Crippen molar-refractivity contribution in [1.29, 1.82) is 0 Å². The standard InChI is InChI=1S/C18H20N2O3/c21-16(20-13-14-7-3-1-4-8-14)11-12-19-18(23)17(22)15-9-5-2-6-10-15/h1-10,17,22H,11-13H2,(H,19,23)(H,20,21). The number of hydrogen-bond acceptors (Lipinski definition) is 3. The van der Waals surface area contributed by atoms with Gasteiger partial charge in [-0.05, 0) is 11.1 Å². The summed E-state index contributed by atoms with van der Waals surface area (Å²) in [5, 5.41) is 15.2. The number of rotatable bonds is 7. The van der Waals surface area contributed by atoms with Gasteiger partial charge in [-0.3, -0.25) is 9.59 Å². The van der Waals surface area contributed by atoms with E-state index >= 15 is 0 Å². The van der Waals surface area contributed by atoms with Crippen LogP contribution in [0.1, 0.15) is 23.7 Å². The van der Waals surface area contributed by atoms with E-state index in [1.165, 1.54) is 0 Å². The molecule has 0 radical (unpaired) electrons. The van der Waals surface area contributed by atoms with Gasteiger partial charge >= 0.3 is 0 Å². The molecule has 0 bridgehead atoms. The first-order valence-electron chi connectivity index (χ1n) is 7.48. The fraction of sp³-hybridized carbons (Fsp3) is 0.222. The highest BCUT2D eigenvalue weighted by molar-refractivity contribution is 5.82. The zero-order valence-corrected chi connectivity index (χ0v) is 12.7. The van der Waals surface area contributed by atoms with Gasteiger partial charge in [-0.15, -0.1) is 0 Å². The third-order valence-corrected chi connectivity index (χ3v) is 3.35. The van der Waals surface area contributed by atoms with Crippen LogP contribution in [0.2, 0.25) is 0 Å². The average Bonchev–Trinajstić information content (AvgIpc) is 2.61. The van der Waals surface area contributed by atoms with E-state index in [-0.39, 0.29) is 18.9 Å². The van der Waals surface area contributed by atoms with Crippen LogP contribution in [0.3, 0.4) is 0 Å². The van der Waals surface area contributed by atoms with Gasteiger partial charge in [0.05, 0.1) is 0 Å². The summed E-state index contributed by atoms with van der Waals surface area (Å²) in [5.41, 5.74) is 1.54. The summed E-state index contributed by atoms with van der Waals surface area (Å²) in [7, 11) is 0. The van der Waals surface area contributed by atoms with Gasteiger partial charge in [0.2, 0.25) is 5.91 Å². The lowest BCUT2D eigenvalue weighted by Crippen LogP contribution is -2.33. The molecule has 2 aromatic rings. The van der Waals surface area contributed by atoms with Crippen LogP contribution < -0.4 is 10.6 Å². The maximum atomic E-state index is 11.8. The molecule has 2 rings (SSSR count). The Morgan fingerprint density at radius 3 is 2.17 bits per heavy atom. The van der Waals surface area contributed by atoms with Gasteiger partial charge in [-0.1, -0.05) is 60.7 Å². The minimum atomic E-state index is -1.22. The minimum absolute atomic E-state index is 0.150. The zero-order chi connectivity index (χ0) is 16.5. The number of amides is 2. The van der Waals surface area contributed by atoms with Crippen molar-refractivity contribution in [2.75, 3.05) is 6.54 Å². The lowest BCUT2D eigenvalue weighted by Gasteiger charge is -2.11. The van der Waals surface area contributed by atoms with Gasteiger partial charge in [-0.2, -0.15) is 0 Å². The van der Waals surface area contributed by atoms with E-state index in [2.05, 4.69) is 10.6 Å². The van der Waals surface area contributed by atoms with Crippen molar-refractivity contribution >= 4 is 11.8 Å². The third-order valence-electron chi connectivity index (χ3n) is 3.35. The molecule has 23 heavy (non-hydrogen) atoms. The van der Waals surface area contributed by atoms with Gasteiger partial charge in [0, 0.05) is 19.5 Å². The van der Waals surface area contributed by atoms with Gasteiger partial charge < -0.3 is 15.7 Å². The number of carbonyl (C=O) groups is 2. The fourth-order valence-corrected chi connectivity index (χ4v) is 2.07. The van der Waals surface area contributed by atoms with Crippen molar-refractivity contribution in [2.45, 2.75) is 19.1 Å². The second-order valence-corrected chi connectivity index (χ2v) is 5.12. The molecule has 5 nitrogen and oxygen atoms in total. The van der Waals surface area contributed by atoms with Crippen molar-refractivity contribution in [1.82, 2.24) is 10.6 Å². The summed E-state index contributed by atoms with van der Waals surface area (Å²) in [6.07, 6.45) is -1.05. The molecule has 0 heterocycles. The normalized spacial score (nSPS) is 11.5. The number of nitrogens with one attached hydrogen (secondary N) is 2. The van der Waals surface area contributed by atoms with Crippen LogP contribution in [0.15, 0.2) is 60.7 Å². The van der Waals surface area contributed by atoms with Crippen molar-refractivity contribution in [3.8, 4) is 0 Å². The van der Waals surface area contributed by atoms with Crippen LogP contribution in [0.4, 0.5) is 0 Å². The molecule has 0 saturated carbocycles. The molecule has 0 aliphatic carbocycles. The Labute approximate surface area is 135 Å². The summed E-state index contributed by atoms with van der Waals surface area (Å²) in [6, 6.07) is 18.3. The van der Waals surface area contributed by atoms with Crippen LogP contribution in [-0.4, -0.2) is 23.5 Å². The maximum absolute atomic E-state index is 11.8. The van der Waals surface area contributed by atoms with Gasteiger partial charge in [0.15, 0.2) is 6.10 Å². The topological polar surface area (TPSA) is 78.4 Å². The molecule has 1 atom stereocenters. The molecule has 120 valence electrons. The summed E-state index contributed by atoms with van der Waals surface area (Å²) in [5.74, 6) is -0.657. The Bertz CT molecular complexity index is 629. The highest BCUT2D eigenvalue weighted by Crippen LogP contribution is 2.11. The van der Waals surface area contributed by atoms with Crippen molar-refractivity contribution in [2.24, 2.45) is 0 Å². The van der Waals surface area contributed by atoms with E-state index in [0.717, 1.165) is 5.56 Å². The number of hydrogen-bond donors (Lipinski definition) is 3. The predicted octanol–water partition coefficient (Wildman–Crippen LogP) is 1.54. The first-order chi connectivity index (χ1) is 11.2. The Morgan fingerprint density at radius 2 is 1.52 bits per heavy atom. The van der Waals surface area contributed by atoms with E-state index in [4.69, 9.17) is 0 Å². The van der Waals surface area contributed by atoms with Crippen molar-refractivity contribution < 1.29 is 14.7 Å². The monoisotopic (exact) mass is 312 g/mol. The molecule has 5 heteroatoms. The molecule has 0 fully saturated rings. The number of carbonyl (C=O) groups excluding carboxylic acids is 2. The molecule has 2 aromatic carbocycles.